The normalized spacial score (nSPS) is 11.6. The predicted molar refractivity (Wildman–Crippen MR) is 119 cm³/mol. The molecule has 32 heavy (non-hydrogen) atoms. The average Bonchev–Trinajstić information content (AvgIpc) is 3.27. The van der Waals surface area contributed by atoms with Crippen molar-refractivity contribution >= 4 is 28.3 Å². The van der Waals surface area contributed by atoms with Crippen molar-refractivity contribution in [1.29, 1.82) is 5.26 Å². The number of Topliss-reactive ketones (excluding diaryl/α,β-unsaturated/α-hetero) is 1. The molecule has 0 N–H and O–H groups in total. The number of nitriles is 1. The highest BCUT2D eigenvalue weighted by Crippen LogP contribution is 2.31. The van der Waals surface area contributed by atoms with E-state index in [4.69, 9.17) is 10.00 Å². The minimum atomic E-state index is -0.588. The van der Waals surface area contributed by atoms with Gasteiger partial charge in [0.1, 0.15) is 18.2 Å². The van der Waals surface area contributed by atoms with Gasteiger partial charge in [-0.3, -0.25) is 9.59 Å². The number of ether oxygens (including phenoxy) is 1. The molecule has 162 valence electrons. The number of rotatable bonds is 4. The molecule has 0 saturated heterocycles. The van der Waals surface area contributed by atoms with Crippen molar-refractivity contribution in [1.82, 2.24) is 19.2 Å². The second-order valence-electron chi connectivity index (χ2n) is 8.79. The lowest BCUT2D eigenvalue weighted by Crippen LogP contribution is -2.26. The molecule has 0 saturated carbocycles. The maximum absolute atomic E-state index is 12.4. The van der Waals surface area contributed by atoms with Gasteiger partial charge in [0.15, 0.2) is 17.1 Å². The zero-order valence-electron chi connectivity index (χ0n) is 18.6. The van der Waals surface area contributed by atoms with Crippen LogP contribution >= 0.6 is 0 Å². The van der Waals surface area contributed by atoms with Crippen LogP contribution in [0.1, 0.15) is 49.3 Å². The van der Waals surface area contributed by atoms with E-state index in [1.54, 1.807) is 33.7 Å². The highest BCUT2D eigenvalue weighted by atomic mass is 16.6. The number of aryl methyl sites for hydroxylation is 1. The van der Waals surface area contributed by atoms with Crippen molar-refractivity contribution < 1.29 is 14.3 Å². The second kappa shape index (κ2) is 7.61. The molecule has 1 aromatic carbocycles. The van der Waals surface area contributed by atoms with Crippen LogP contribution in [-0.2, 0) is 16.1 Å². The van der Waals surface area contributed by atoms with Crippen LogP contribution in [0.3, 0.4) is 0 Å². The first-order valence-electron chi connectivity index (χ1n) is 10.2. The summed E-state index contributed by atoms with van der Waals surface area (Å²) in [7, 11) is 0. The van der Waals surface area contributed by atoms with Gasteiger partial charge < -0.3 is 9.30 Å². The molecule has 4 aromatic rings. The number of benzene rings is 1. The summed E-state index contributed by atoms with van der Waals surface area (Å²) in [5.74, 6) is -0.455. The molecule has 8 nitrogen and oxygen atoms in total. The van der Waals surface area contributed by atoms with Crippen molar-refractivity contribution in [3.63, 3.8) is 0 Å². The number of carbonyl (C=O) groups is 2. The van der Waals surface area contributed by atoms with E-state index in [1.165, 1.54) is 6.92 Å². The Morgan fingerprint density at radius 1 is 1.16 bits per heavy atom. The van der Waals surface area contributed by atoms with Gasteiger partial charge in [-0.2, -0.15) is 10.4 Å². The topological polar surface area (TPSA) is 102 Å². The van der Waals surface area contributed by atoms with Crippen molar-refractivity contribution in [2.75, 3.05) is 0 Å². The molecule has 8 heteroatoms. The number of aromatic nitrogens is 4. The minimum absolute atomic E-state index is 0.0129. The van der Waals surface area contributed by atoms with E-state index in [0.717, 1.165) is 27.6 Å². The van der Waals surface area contributed by atoms with Gasteiger partial charge in [-0.1, -0.05) is 0 Å². The maximum atomic E-state index is 12.4. The number of carbonyl (C=O) groups excluding carboxylic acids is 2. The van der Waals surface area contributed by atoms with Gasteiger partial charge in [0.25, 0.3) is 0 Å². The molecule has 0 spiro atoms. The number of hydrogen-bond acceptors (Lipinski definition) is 6. The quantitative estimate of drug-likeness (QED) is 0.358. The first-order valence-corrected chi connectivity index (χ1v) is 10.2. The summed E-state index contributed by atoms with van der Waals surface area (Å²) in [6, 6.07) is 7.53. The van der Waals surface area contributed by atoms with Gasteiger partial charge in [-0.15, -0.1) is 0 Å². The fourth-order valence-electron chi connectivity index (χ4n) is 3.82. The summed E-state index contributed by atoms with van der Waals surface area (Å²) < 4.78 is 8.79. The summed E-state index contributed by atoms with van der Waals surface area (Å²) in [5.41, 5.74) is 4.19. The Morgan fingerprint density at radius 2 is 1.91 bits per heavy atom. The molecule has 3 aromatic heterocycles. The van der Waals surface area contributed by atoms with Crippen molar-refractivity contribution in [2.45, 2.75) is 46.8 Å². The monoisotopic (exact) mass is 429 g/mol. The van der Waals surface area contributed by atoms with E-state index in [1.807, 2.05) is 45.9 Å². The molecule has 0 atom stereocenters. The van der Waals surface area contributed by atoms with Gasteiger partial charge in [-0.05, 0) is 57.9 Å². The fourth-order valence-corrected chi connectivity index (χ4v) is 3.82. The molecule has 0 aliphatic rings. The SMILES string of the molecule is CC(=O)c1cn(CC(=O)OC(C)(C)C)c2c(C)cc(-c3cnc4cc(C#N)nn4c3)cc12. The minimum Gasteiger partial charge on any atom is -0.459 e. The Kier molecular flexibility index (Phi) is 5.05. The lowest BCUT2D eigenvalue weighted by Gasteiger charge is -2.20. The van der Waals surface area contributed by atoms with Crippen LogP contribution in [-0.4, -0.2) is 36.5 Å². The van der Waals surface area contributed by atoms with Crippen LogP contribution < -0.4 is 0 Å². The fraction of sp³-hybridized carbons (Fsp3) is 0.292. The smallest absolute Gasteiger partial charge is 0.326 e. The summed E-state index contributed by atoms with van der Waals surface area (Å²) in [6.45, 7) is 8.92. The Balaban J connectivity index is 1.82. The van der Waals surface area contributed by atoms with Crippen LogP contribution in [0.4, 0.5) is 0 Å². The number of esters is 1. The Labute approximate surface area is 185 Å². The molecule has 0 aliphatic heterocycles. The van der Waals surface area contributed by atoms with Crippen LogP contribution in [0.15, 0.2) is 36.8 Å². The summed E-state index contributed by atoms with van der Waals surface area (Å²) in [4.78, 5) is 29.2. The van der Waals surface area contributed by atoms with Crippen molar-refractivity contribution in [3.05, 3.63) is 53.6 Å². The largest absolute Gasteiger partial charge is 0.459 e. The van der Waals surface area contributed by atoms with Gasteiger partial charge in [-0.25, -0.2) is 9.50 Å². The molecule has 0 bridgehead atoms. The van der Waals surface area contributed by atoms with E-state index in [-0.39, 0.29) is 18.3 Å². The maximum Gasteiger partial charge on any atom is 0.326 e. The summed E-state index contributed by atoms with van der Waals surface area (Å²) in [5, 5.41) is 14.0. The zero-order valence-corrected chi connectivity index (χ0v) is 18.6. The number of fused-ring (bicyclic) bond motifs is 2. The van der Waals surface area contributed by atoms with Gasteiger partial charge in [0.05, 0.1) is 5.52 Å². The molecule has 0 amide bonds. The van der Waals surface area contributed by atoms with Crippen LogP contribution in [0.5, 0.6) is 0 Å². The molecular weight excluding hydrogens is 406 g/mol. The molecular formula is C24H23N5O3. The third-order valence-electron chi connectivity index (χ3n) is 5.02. The first kappa shape index (κ1) is 21.2. The summed E-state index contributed by atoms with van der Waals surface area (Å²) >= 11 is 0. The standard InChI is InChI=1S/C24H23N5O3/c1-14-6-16(17-10-26-21-8-18(9-25)27-29(21)11-17)7-19-20(15(2)30)12-28(23(14)19)13-22(31)32-24(3,4)5/h6-8,10-12H,13H2,1-5H3. The number of hydrogen-bond donors (Lipinski definition) is 0. The third-order valence-corrected chi connectivity index (χ3v) is 5.02. The molecule has 0 unspecified atom stereocenters. The van der Waals surface area contributed by atoms with E-state index < -0.39 is 5.60 Å². The zero-order chi connectivity index (χ0) is 23.2. The van der Waals surface area contributed by atoms with Gasteiger partial charge in [0, 0.05) is 41.2 Å². The molecule has 0 radical (unpaired) electrons. The van der Waals surface area contributed by atoms with E-state index in [2.05, 4.69) is 10.1 Å². The molecule has 0 fully saturated rings. The average molecular weight is 429 g/mol. The van der Waals surface area contributed by atoms with Gasteiger partial charge >= 0.3 is 5.97 Å². The molecule has 3 heterocycles. The summed E-state index contributed by atoms with van der Waals surface area (Å²) in [6.07, 6.45) is 5.22. The Morgan fingerprint density at radius 3 is 2.56 bits per heavy atom. The highest BCUT2D eigenvalue weighted by Gasteiger charge is 2.21. The van der Waals surface area contributed by atoms with Crippen LogP contribution in [0.2, 0.25) is 0 Å². The van der Waals surface area contributed by atoms with E-state index in [9.17, 15) is 9.59 Å². The number of ketones is 1. The third kappa shape index (κ3) is 3.97. The van der Waals surface area contributed by atoms with Crippen LogP contribution in [0.25, 0.3) is 27.7 Å². The lowest BCUT2D eigenvalue weighted by atomic mass is 10.0. The Bertz CT molecular complexity index is 1430. The predicted octanol–water partition coefficient (Wildman–Crippen LogP) is 4.08. The molecule has 0 aliphatic carbocycles. The molecule has 4 rings (SSSR count). The van der Waals surface area contributed by atoms with Crippen molar-refractivity contribution in [3.8, 4) is 17.2 Å². The highest BCUT2D eigenvalue weighted by molar-refractivity contribution is 6.08. The van der Waals surface area contributed by atoms with Crippen molar-refractivity contribution in [2.24, 2.45) is 0 Å². The van der Waals surface area contributed by atoms with Crippen LogP contribution in [0, 0.1) is 18.3 Å². The Hall–Kier alpha value is -3.99. The lowest BCUT2D eigenvalue weighted by molar-refractivity contribution is -0.155. The first-order chi connectivity index (χ1) is 15.1. The number of nitrogens with zero attached hydrogens (tertiary/aromatic N) is 5. The van der Waals surface area contributed by atoms with E-state index in [0.29, 0.717) is 16.9 Å². The van der Waals surface area contributed by atoms with E-state index >= 15 is 0 Å². The van der Waals surface area contributed by atoms with Gasteiger partial charge in [0.2, 0.25) is 0 Å². The second-order valence-corrected chi connectivity index (χ2v) is 8.79.